The smallest absolute Gasteiger partial charge is 0.226 e. The molecule has 0 spiro atoms. The van der Waals surface area contributed by atoms with Crippen LogP contribution in [0.1, 0.15) is 5.69 Å². The molecule has 27 heavy (non-hydrogen) atoms. The van der Waals surface area contributed by atoms with Gasteiger partial charge in [-0.25, -0.2) is 4.98 Å². The van der Waals surface area contributed by atoms with Gasteiger partial charge in [0.1, 0.15) is 18.6 Å². The Bertz CT molecular complexity index is 863. The normalized spacial score (nSPS) is 11.3. The average Bonchev–Trinajstić information content (AvgIpc) is 3.18. The Balaban J connectivity index is 1.41. The van der Waals surface area contributed by atoms with Crippen molar-refractivity contribution in [2.75, 3.05) is 20.2 Å². The number of benzene rings is 2. The maximum atomic E-state index is 5.85. The number of hydrogen-bond acceptors (Lipinski definition) is 4. The van der Waals surface area contributed by atoms with E-state index in [-0.39, 0.29) is 0 Å². The summed E-state index contributed by atoms with van der Waals surface area (Å²) in [6.07, 6.45) is 1.65. The summed E-state index contributed by atoms with van der Waals surface area (Å²) < 4.78 is 11.2. The fraction of sp³-hybridized carbons (Fsp3) is 0.200. The Labute approximate surface area is 163 Å². The molecule has 0 fully saturated rings. The van der Waals surface area contributed by atoms with Gasteiger partial charge >= 0.3 is 0 Å². The van der Waals surface area contributed by atoms with E-state index >= 15 is 0 Å². The van der Waals surface area contributed by atoms with Gasteiger partial charge in [0.2, 0.25) is 5.89 Å². The zero-order valence-electron chi connectivity index (χ0n) is 15.0. The first-order valence-corrected chi connectivity index (χ1v) is 8.95. The highest BCUT2D eigenvalue weighted by Gasteiger charge is 2.07. The molecule has 0 aliphatic carbocycles. The Morgan fingerprint density at radius 1 is 1.11 bits per heavy atom. The van der Waals surface area contributed by atoms with E-state index in [1.54, 1.807) is 25.4 Å². The van der Waals surface area contributed by atoms with Crippen molar-refractivity contribution in [1.29, 1.82) is 0 Å². The number of halogens is 1. The van der Waals surface area contributed by atoms with Gasteiger partial charge in [0.25, 0.3) is 0 Å². The van der Waals surface area contributed by atoms with E-state index in [9.17, 15) is 0 Å². The highest BCUT2D eigenvalue weighted by molar-refractivity contribution is 6.30. The van der Waals surface area contributed by atoms with Gasteiger partial charge in [-0.2, -0.15) is 0 Å². The van der Waals surface area contributed by atoms with Crippen LogP contribution in [0.3, 0.4) is 0 Å². The predicted octanol–water partition coefficient (Wildman–Crippen LogP) is 3.74. The number of nitrogens with zero attached hydrogens (tertiary/aromatic N) is 2. The van der Waals surface area contributed by atoms with Gasteiger partial charge in [0.15, 0.2) is 5.96 Å². The Morgan fingerprint density at radius 2 is 1.89 bits per heavy atom. The van der Waals surface area contributed by atoms with E-state index in [1.807, 2.05) is 42.5 Å². The van der Waals surface area contributed by atoms with Crippen molar-refractivity contribution in [3.05, 3.63) is 71.6 Å². The summed E-state index contributed by atoms with van der Waals surface area (Å²) in [4.78, 5) is 8.67. The fourth-order valence-corrected chi connectivity index (χ4v) is 2.49. The molecular formula is C20H21ClN4O2. The van der Waals surface area contributed by atoms with Crippen LogP contribution in [0.15, 0.2) is 70.3 Å². The molecule has 6 nitrogen and oxygen atoms in total. The molecule has 2 aromatic carbocycles. The minimum atomic E-state index is 0.504. The quantitative estimate of drug-likeness (QED) is 0.369. The lowest BCUT2D eigenvalue weighted by Crippen LogP contribution is -2.38. The van der Waals surface area contributed by atoms with Crippen LogP contribution in [0.2, 0.25) is 5.02 Å². The molecule has 0 aliphatic rings. The van der Waals surface area contributed by atoms with Crippen LogP contribution in [0.5, 0.6) is 5.75 Å². The van der Waals surface area contributed by atoms with Crippen LogP contribution in [0, 0.1) is 0 Å². The van der Waals surface area contributed by atoms with Crippen molar-refractivity contribution < 1.29 is 9.15 Å². The summed E-state index contributed by atoms with van der Waals surface area (Å²) in [5.41, 5.74) is 1.75. The molecule has 1 heterocycles. The van der Waals surface area contributed by atoms with Crippen molar-refractivity contribution in [3.63, 3.8) is 0 Å². The maximum absolute atomic E-state index is 5.85. The third-order valence-corrected chi connectivity index (χ3v) is 3.96. The highest BCUT2D eigenvalue weighted by atomic mass is 35.5. The summed E-state index contributed by atoms with van der Waals surface area (Å²) in [6.45, 7) is 1.62. The van der Waals surface area contributed by atoms with Crippen molar-refractivity contribution in [2.24, 2.45) is 4.99 Å². The average molecular weight is 385 g/mol. The molecule has 0 unspecified atom stereocenters. The molecule has 0 amide bonds. The van der Waals surface area contributed by atoms with E-state index in [0.29, 0.717) is 36.6 Å². The van der Waals surface area contributed by atoms with Gasteiger partial charge in [0, 0.05) is 17.6 Å². The molecule has 3 rings (SSSR count). The Kier molecular flexibility index (Phi) is 6.71. The Hall–Kier alpha value is -2.99. The SMILES string of the molecule is CN=C(NCCOc1ccc(Cl)cc1)NCc1coc(-c2ccccc2)n1. The largest absolute Gasteiger partial charge is 0.492 e. The van der Waals surface area contributed by atoms with E-state index in [1.165, 1.54) is 0 Å². The summed E-state index contributed by atoms with van der Waals surface area (Å²) in [6, 6.07) is 17.1. The van der Waals surface area contributed by atoms with Gasteiger partial charge in [-0.3, -0.25) is 4.99 Å². The van der Waals surface area contributed by atoms with Crippen LogP contribution >= 0.6 is 11.6 Å². The van der Waals surface area contributed by atoms with Gasteiger partial charge in [0.05, 0.1) is 18.8 Å². The topological polar surface area (TPSA) is 71.7 Å². The lowest BCUT2D eigenvalue weighted by atomic mass is 10.2. The molecule has 1 aromatic heterocycles. The molecule has 0 saturated heterocycles. The van der Waals surface area contributed by atoms with Crippen LogP contribution < -0.4 is 15.4 Å². The third-order valence-electron chi connectivity index (χ3n) is 3.71. The lowest BCUT2D eigenvalue weighted by Gasteiger charge is -2.11. The number of hydrogen-bond donors (Lipinski definition) is 2. The van der Waals surface area contributed by atoms with Crippen LogP contribution in [0.4, 0.5) is 0 Å². The minimum absolute atomic E-state index is 0.504. The number of aromatic nitrogens is 1. The van der Waals surface area contributed by atoms with E-state index < -0.39 is 0 Å². The lowest BCUT2D eigenvalue weighted by molar-refractivity contribution is 0.322. The van der Waals surface area contributed by atoms with Crippen molar-refractivity contribution >= 4 is 17.6 Å². The summed E-state index contributed by atoms with van der Waals surface area (Å²) in [7, 11) is 1.72. The minimum Gasteiger partial charge on any atom is -0.492 e. The molecule has 0 radical (unpaired) electrons. The monoisotopic (exact) mass is 384 g/mol. The zero-order valence-corrected chi connectivity index (χ0v) is 15.7. The molecule has 0 aliphatic heterocycles. The van der Waals surface area contributed by atoms with Crippen molar-refractivity contribution in [3.8, 4) is 17.2 Å². The zero-order chi connectivity index (χ0) is 18.9. The van der Waals surface area contributed by atoms with E-state index in [0.717, 1.165) is 17.0 Å². The highest BCUT2D eigenvalue weighted by Crippen LogP contribution is 2.17. The first-order valence-electron chi connectivity index (χ1n) is 8.57. The van der Waals surface area contributed by atoms with Gasteiger partial charge in [-0.15, -0.1) is 0 Å². The molecule has 0 saturated carbocycles. The van der Waals surface area contributed by atoms with Crippen molar-refractivity contribution in [2.45, 2.75) is 6.54 Å². The molecule has 0 atom stereocenters. The standard InChI is InChI=1S/C20H21ClN4O2/c1-22-20(23-11-12-26-18-9-7-16(21)8-10-18)24-13-17-14-27-19(25-17)15-5-3-2-4-6-15/h2-10,14H,11-13H2,1H3,(H2,22,23,24). The number of aliphatic imine (C=N–C) groups is 1. The number of rotatable bonds is 7. The van der Waals surface area contributed by atoms with Crippen LogP contribution in [-0.2, 0) is 6.54 Å². The molecular weight excluding hydrogens is 364 g/mol. The molecule has 0 bridgehead atoms. The second kappa shape index (κ2) is 9.64. The second-order valence-corrected chi connectivity index (χ2v) is 6.10. The number of ether oxygens (including phenoxy) is 1. The maximum Gasteiger partial charge on any atom is 0.226 e. The first-order chi connectivity index (χ1) is 13.2. The number of nitrogens with one attached hydrogen (secondary N) is 2. The predicted molar refractivity (Wildman–Crippen MR) is 107 cm³/mol. The summed E-state index contributed by atoms with van der Waals surface area (Å²) >= 11 is 5.85. The number of oxazole rings is 1. The molecule has 140 valence electrons. The van der Waals surface area contributed by atoms with E-state index in [4.69, 9.17) is 20.8 Å². The molecule has 7 heteroatoms. The number of guanidine groups is 1. The summed E-state index contributed by atoms with van der Waals surface area (Å²) in [5.74, 6) is 2.05. The summed E-state index contributed by atoms with van der Waals surface area (Å²) in [5, 5.41) is 7.08. The van der Waals surface area contributed by atoms with Crippen molar-refractivity contribution in [1.82, 2.24) is 15.6 Å². The van der Waals surface area contributed by atoms with Gasteiger partial charge < -0.3 is 19.8 Å². The Morgan fingerprint density at radius 3 is 2.63 bits per heavy atom. The van der Waals surface area contributed by atoms with E-state index in [2.05, 4.69) is 20.6 Å². The first kappa shape index (κ1) is 18.8. The van der Waals surface area contributed by atoms with Gasteiger partial charge in [-0.05, 0) is 36.4 Å². The second-order valence-electron chi connectivity index (χ2n) is 5.66. The fourth-order valence-electron chi connectivity index (χ4n) is 2.37. The van der Waals surface area contributed by atoms with Gasteiger partial charge in [-0.1, -0.05) is 29.8 Å². The van der Waals surface area contributed by atoms with Crippen LogP contribution in [-0.4, -0.2) is 31.1 Å². The molecule has 2 N–H and O–H groups in total. The third kappa shape index (κ3) is 5.76. The molecule has 3 aromatic rings. The van der Waals surface area contributed by atoms with Crippen LogP contribution in [0.25, 0.3) is 11.5 Å².